The molecule has 1 aliphatic rings. The van der Waals surface area contributed by atoms with Gasteiger partial charge in [-0.25, -0.2) is 0 Å². The van der Waals surface area contributed by atoms with Gasteiger partial charge in [-0.05, 0) is 25.1 Å². The highest BCUT2D eigenvalue weighted by atomic mass is 35.5. The maximum atomic E-state index is 5.31. The Kier molecular flexibility index (Phi) is 3.49. The fourth-order valence-electron chi connectivity index (χ4n) is 2.06. The molecule has 5 nitrogen and oxygen atoms in total. The van der Waals surface area contributed by atoms with Crippen LogP contribution in [0.25, 0.3) is 11.5 Å². The van der Waals surface area contributed by atoms with E-state index < -0.39 is 0 Å². The predicted molar refractivity (Wildman–Crippen MR) is 66.2 cm³/mol. The first-order chi connectivity index (χ1) is 7.84. The lowest BCUT2D eigenvalue weighted by Gasteiger charge is -1.98. The third-order valence-electron chi connectivity index (χ3n) is 3.02. The Bertz CT molecular complexity index is 487. The predicted octanol–water partition coefficient (Wildman–Crippen LogP) is 1.57. The van der Waals surface area contributed by atoms with Gasteiger partial charge < -0.3 is 14.4 Å². The highest BCUT2D eigenvalue weighted by molar-refractivity contribution is 5.85. The van der Waals surface area contributed by atoms with Crippen LogP contribution in [-0.2, 0) is 7.05 Å². The molecule has 3 heterocycles. The third-order valence-corrected chi connectivity index (χ3v) is 3.02. The lowest BCUT2D eigenvalue weighted by molar-refractivity contribution is 0.359. The minimum atomic E-state index is 0. The molecule has 3 rings (SSSR count). The van der Waals surface area contributed by atoms with E-state index in [2.05, 4.69) is 15.5 Å². The second-order valence-corrected chi connectivity index (χ2v) is 4.15. The number of hydrogen-bond acceptors (Lipinski definition) is 4. The van der Waals surface area contributed by atoms with Crippen LogP contribution in [0.4, 0.5) is 0 Å². The molecule has 2 aromatic rings. The third kappa shape index (κ3) is 2.21. The lowest BCUT2D eigenvalue weighted by atomic mass is 10.1. The first kappa shape index (κ1) is 12.1. The van der Waals surface area contributed by atoms with Crippen molar-refractivity contribution in [3.63, 3.8) is 0 Å². The van der Waals surface area contributed by atoms with E-state index in [0.717, 1.165) is 31.1 Å². The van der Waals surface area contributed by atoms with Crippen LogP contribution in [0.5, 0.6) is 0 Å². The molecular formula is C11H15ClN4O. The molecular weight excluding hydrogens is 240 g/mol. The zero-order valence-electron chi connectivity index (χ0n) is 9.59. The Labute approximate surface area is 106 Å². The van der Waals surface area contributed by atoms with Crippen LogP contribution in [0.1, 0.15) is 18.2 Å². The number of nitrogens with one attached hydrogen (secondary N) is 1. The molecule has 92 valence electrons. The first-order valence-corrected chi connectivity index (χ1v) is 5.50. The summed E-state index contributed by atoms with van der Waals surface area (Å²) in [4.78, 5) is 4.46. The van der Waals surface area contributed by atoms with Crippen molar-refractivity contribution in [1.29, 1.82) is 0 Å². The SMILES string of the molecule is Cl.Cn1cccc1-c1noc(C2CCNC2)n1. The topological polar surface area (TPSA) is 55.9 Å². The van der Waals surface area contributed by atoms with Gasteiger partial charge in [0.05, 0.1) is 11.6 Å². The van der Waals surface area contributed by atoms with Crippen molar-refractivity contribution in [3.05, 3.63) is 24.2 Å². The summed E-state index contributed by atoms with van der Waals surface area (Å²) in [5, 5.41) is 7.32. The van der Waals surface area contributed by atoms with Crippen LogP contribution in [-0.4, -0.2) is 27.8 Å². The van der Waals surface area contributed by atoms with E-state index in [1.165, 1.54) is 0 Å². The van der Waals surface area contributed by atoms with Crippen molar-refractivity contribution in [3.8, 4) is 11.5 Å². The zero-order chi connectivity index (χ0) is 11.0. The van der Waals surface area contributed by atoms with E-state index in [1.54, 1.807) is 0 Å². The number of aromatic nitrogens is 3. The highest BCUT2D eigenvalue weighted by Gasteiger charge is 2.23. The molecule has 0 radical (unpaired) electrons. The molecule has 0 amide bonds. The summed E-state index contributed by atoms with van der Waals surface area (Å²) >= 11 is 0. The van der Waals surface area contributed by atoms with E-state index in [1.807, 2.05) is 29.9 Å². The van der Waals surface area contributed by atoms with Gasteiger partial charge >= 0.3 is 0 Å². The highest BCUT2D eigenvalue weighted by Crippen LogP contribution is 2.23. The smallest absolute Gasteiger partial charge is 0.231 e. The lowest BCUT2D eigenvalue weighted by Crippen LogP contribution is -2.08. The normalized spacial score (nSPS) is 19.2. The average Bonchev–Trinajstić information content (AvgIpc) is 2.96. The summed E-state index contributed by atoms with van der Waals surface area (Å²) in [7, 11) is 1.97. The molecule has 0 bridgehead atoms. The van der Waals surface area contributed by atoms with Crippen molar-refractivity contribution in [2.75, 3.05) is 13.1 Å². The summed E-state index contributed by atoms with van der Waals surface area (Å²) in [6.07, 6.45) is 3.05. The second-order valence-electron chi connectivity index (χ2n) is 4.15. The van der Waals surface area contributed by atoms with Gasteiger partial charge in [0.1, 0.15) is 0 Å². The zero-order valence-corrected chi connectivity index (χ0v) is 10.4. The minimum absolute atomic E-state index is 0. The second kappa shape index (κ2) is 4.89. The maximum absolute atomic E-state index is 5.31. The number of hydrogen-bond donors (Lipinski definition) is 1. The Balaban J connectivity index is 0.00000108. The largest absolute Gasteiger partial charge is 0.348 e. The summed E-state index contributed by atoms with van der Waals surface area (Å²) < 4.78 is 7.30. The van der Waals surface area contributed by atoms with Crippen molar-refractivity contribution >= 4 is 12.4 Å². The van der Waals surface area contributed by atoms with Crippen LogP contribution in [0.15, 0.2) is 22.9 Å². The van der Waals surface area contributed by atoms with Crippen molar-refractivity contribution in [2.24, 2.45) is 7.05 Å². The molecule has 1 atom stereocenters. The Morgan fingerprint density at radius 2 is 2.41 bits per heavy atom. The minimum Gasteiger partial charge on any atom is -0.348 e. The van der Waals surface area contributed by atoms with Crippen LogP contribution in [0, 0.1) is 0 Å². The molecule has 1 fully saturated rings. The molecule has 1 unspecified atom stereocenters. The van der Waals surface area contributed by atoms with Gasteiger partial charge in [-0.2, -0.15) is 4.98 Å². The Morgan fingerprint density at radius 3 is 3.06 bits per heavy atom. The van der Waals surface area contributed by atoms with Gasteiger partial charge in [-0.3, -0.25) is 0 Å². The summed E-state index contributed by atoms with van der Waals surface area (Å²) in [5.74, 6) is 1.80. The van der Waals surface area contributed by atoms with Crippen LogP contribution < -0.4 is 5.32 Å². The fraction of sp³-hybridized carbons (Fsp3) is 0.455. The first-order valence-electron chi connectivity index (χ1n) is 5.50. The number of nitrogens with zero attached hydrogens (tertiary/aromatic N) is 3. The number of rotatable bonds is 2. The van der Waals surface area contributed by atoms with Gasteiger partial charge in [-0.1, -0.05) is 5.16 Å². The molecule has 1 aliphatic heterocycles. The van der Waals surface area contributed by atoms with Gasteiger partial charge in [0, 0.05) is 19.8 Å². The van der Waals surface area contributed by atoms with Gasteiger partial charge in [-0.15, -0.1) is 12.4 Å². The number of aryl methyl sites for hydroxylation is 1. The van der Waals surface area contributed by atoms with E-state index in [9.17, 15) is 0 Å². The van der Waals surface area contributed by atoms with Gasteiger partial charge in [0.15, 0.2) is 0 Å². The summed E-state index contributed by atoms with van der Waals surface area (Å²) in [5.41, 5.74) is 0.987. The molecule has 17 heavy (non-hydrogen) atoms. The molecule has 2 aromatic heterocycles. The monoisotopic (exact) mass is 254 g/mol. The number of halogens is 1. The average molecular weight is 255 g/mol. The van der Waals surface area contributed by atoms with Crippen molar-refractivity contribution in [2.45, 2.75) is 12.3 Å². The molecule has 0 saturated carbocycles. The molecule has 1 N–H and O–H groups in total. The quantitative estimate of drug-likeness (QED) is 0.884. The summed E-state index contributed by atoms with van der Waals surface area (Å²) in [6, 6.07) is 3.96. The maximum Gasteiger partial charge on any atom is 0.231 e. The molecule has 6 heteroatoms. The van der Waals surface area contributed by atoms with Gasteiger partial charge in [0.2, 0.25) is 11.7 Å². The van der Waals surface area contributed by atoms with E-state index in [0.29, 0.717) is 11.7 Å². The van der Waals surface area contributed by atoms with Crippen molar-refractivity contribution < 1.29 is 4.52 Å². The Morgan fingerprint density at radius 1 is 1.53 bits per heavy atom. The molecule has 0 aromatic carbocycles. The standard InChI is InChI=1S/C11H14N4O.ClH/c1-15-6-2-3-9(15)10-13-11(16-14-10)8-4-5-12-7-8;/h2-3,6,8,12H,4-5,7H2,1H3;1H. The van der Waals surface area contributed by atoms with Gasteiger partial charge in [0.25, 0.3) is 0 Å². The van der Waals surface area contributed by atoms with E-state index in [-0.39, 0.29) is 12.4 Å². The van der Waals surface area contributed by atoms with E-state index >= 15 is 0 Å². The molecule has 0 spiro atoms. The Hall–Kier alpha value is -1.33. The fourth-order valence-corrected chi connectivity index (χ4v) is 2.06. The van der Waals surface area contributed by atoms with Crippen LogP contribution in [0.2, 0.25) is 0 Å². The van der Waals surface area contributed by atoms with Crippen molar-refractivity contribution in [1.82, 2.24) is 20.0 Å². The summed E-state index contributed by atoms with van der Waals surface area (Å²) in [6.45, 7) is 1.97. The van der Waals surface area contributed by atoms with E-state index in [4.69, 9.17) is 4.52 Å². The molecule has 1 saturated heterocycles. The van der Waals surface area contributed by atoms with Crippen LogP contribution in [0.3, 0.4) is 0 Å². The molecule has 0 aliphatic carbocycles. The van der Waals surface area contributed by atoms with Crippen LogP contribution >= 0.6 is 12.4 Å².